The summed E-state index contributed by atoms with van der Waals surface area (Å²) in [4.78, 5) is 4.25. The van der Waals surface area contributed by atoms with Crippen LogP contribution in [0, 0.1) is 0 Å². The number of furan rings is 1. The Kier molecular flexibility index (Phi) is 3.12. The van der Waals surface area contributed by atoms with Gasteiger partial charge in [0.25, 0.3) is 0 Å². The number of hydrogen-bond donors (Lipinski definition) is 1. The molecule has 2 N–H and O–H groups in total. The Morgan fingerprint density at radius 3 is 2.68 bits per heavy atom. The van der Waals surface area contributed by atoms with Crippen molar-refractivity contribution in [3.63, 3.8) is 0 Å². The fourth-order valence-electron chi connectivity index (χ4n) is 1.85. The molecular weight excluding hydrogens is 242 g/mol. The molecule has 96 valence electrons. The van der Waals surface area contributed by atoms with Crippen LogP contribution in [-0.2, 0) is 6.42 Å². The Morgan fingerprint density at radius 2 is 1.95 bits per heavy atom. The predicted molar refractivity (Wildman–Crippen MR) is 69.1 cm³/mol. The van der Waals surface area contributed by atoms with Crippen molar-refractivity contribution in [3.8, 4) is 11.6 Å². The maximum absolute atomic E-state index is 6.07. The second-order valence-corrected chi connectivity index (χ2v) is 4.23. The standard InChI is InChI=1S/C14H13N3O2/c15-11(9-10-5-2-1-3-6-10)14-16-13(17-19-14)12-7-4-8-18-12/h1-8,11H,9,15H2/t11-/m1/s1. The molecule has 5 heteroatoms. The highest BCUT2D eigenvalue weighted by atomic mass is 16.5. The largest absolute Gasteiger partial charge is 0.461 e. The molecule has 0 aliphatic heterocycles. The predicted octanol–water partition coefficient (Wildman–Crippen LogP) is 2.57. The van der Waals surface area contributed by atoms with Crippen molar-refractivity contribution in [2.24, 2.45) is 5.73 Å². The van der Waals surface area contributed by atoms with Crippen LogP contribution in [-0.4, -0.2) is 10.1 Å². The van der Waals surface area contributed by atoms with E-state index in [9.17, 15) is 0 Å². The molecule has 19 heavy (non-hydrogen) atoms. The maximum Gasteiger partial charge on any atom is 0.244 e. The van der Waals surface area contributed by atoms with Gasteiger partial charge in [0.2, 0.25) is 11.7 Å². The number of nitrogens with zero attached hydrogens (tertiary/aromatic N) is 2. The summed E-state index contributed by atoms with van der Waals surface area (Å²) in [6.45, 7) is 0. The summed E-state index contributed by atoms with van der Waals surface area (Å²) in [6.07, 6.45) is 2.22. The average Bonchev–Trinajstić information content (AvgIpc) is 3.11. The Labute approximate surface area is 110 Å². The van der Waals surface area contributed by atoms with E-state index >= 15 is 0 Å². The molecule has 1 aromatic carbocycles. The third-order valence-electron chi connectivity index (χ3n) is 2.80. The van der Waals surface area contributed by atoms with Crippen LogP contribution in [0.4, 0.5) is 0 Å². The molecule has 3 rings (SSSR count). The first-order valence-corrected chi connectivity index (χ1v) is 6.00. The Morgan fingerprint density at radius 1 is 1.11 bits per heavy atom. The lowest BCUT2D eigenvalue weighted by molar-refractivity contribution is 0.353. The molecule has 0 bridgehead atoms. The van der Waals surface area contributed by atoms with Crippen LogP contribution in [0.2, 0.25) is 0 Å². The van der Waals surface area contributed by atoms with Gasteiger partial charge in [-0.2, -0.15) is 4.98 Å². The number of nitrogens with two attached hydrogens (primary N) is 1. The molecule has 0 aliphatic carbocycles. The highest BCUT2D eigenvalue weighted by Crippen LogP contribution is 2.20. The lowest BCUT2D eigenvalue weighted by Crippen LogP contribution is -2.13. The zero-order chi connectivity index (χ0) is 13.1. The van der Waals surface area contributed by atoms with Gasteiger partial charge in [-0.25, -0.2) is 0 Å². The Hall–Kier alpha value is -2.40. The fraction of sp³-hybridized carbons (Fsp3) is 0.143. The summed E-state index contributed by atoms with van der Waals surface area (Å²) in [5.74, 6) is 1.40. The molecule has 3 aromatic rings. The molecule has 5 nitrogen and oxygen atoms in total. The zero-order valence-corrected chi connectivity index (χ0v) is 10.2. The van der Waals surface area contributed by atoms with Crippen molar-refractivity contribution in [1.29, 1.82) is 0 Å². The van der Waals surface area contributed by atoms with Gasteiger partial charge in [0.15, 0.2) is 5.76 Å². The van der Waals surface area contributed by atoms with Crippen LogP contribution >= 0.6 is 0 Å². The molecule has 0 unspecified atom stereocenters. The van der Waals surface area contributed by atoms with E-state index in [-0.39, 0.29) is 6.04 Å². The smallest absolute Gasteiger partial charge is 0.244 e. The van der Waals surface area contributed by atoms with Crippen molar-refractivity contribution in [3.05, 3.63) is 60.2 Å². The molecule has 0 spiro atoms. The maximum atomic E-state index is 6.07. The monoisotopic (exact) mass is 255 g/mol. The van der Waals surface area contributed by atoms with Crippen LogP contribution in [0.5, 0.6) is 0 Å². The van der Waals surface area contributed by atoms with Gasteiger partial charge in [-0.1, -0.05) is 35.5 Å². The molecule has 0 aliphatic rings. The number of aromatic nitrogens is 2. The summed E-state index contributed by atoms with van der Waals surface area (Å²) >= 11 is 0. The lowest BCUT2D eigenvalue weighted by atomic mass is 10.1. The summed E-state index contributed by atoms with van der Waals surface area (Å²) < 4.78 is 10.4. The molecular formula is C14H13N3O2. The Bertz CT molecular complexity index is 632. The van der Waals surface area contributed by atoms with Gasteiger partial charge in [-0.05, 0) is 24.1 Å². The van der Waals surface area contributed by atoms with Crippen molar-refractivity contribution in [2.45, 2.75) is 12.5 Å². The van der Waals surface area contributed by atoms with Gasteiger partial charge in [-0.3, -0.25) is 0 Å². The minimum Gasteiger partial charge on any atom is -0.461 e. The second kappa shape index (κ2) is 5.07. The van der Waals surface area contributed by atoms with E-state index in [1.165, 1.54) is 0 Å². The highest BCUT2D eigenvalue weighted by Gasteiger charge is 2.17. The first-order chi connectivity index (χ1) is 9.33. The molecule has 0 saturated heterocycles. The first kappa shape index (κ1) is 11.7. The first-order valence-electron chi connectivity index (χ1n) is 6.00. The SMILES string of the molecule is N[C@H](Cc1ccccc1)c1nc(-c2ccco2)no1. The van der Waals surface area contributed by atoms with E-state index in [1.54, 1.807) is 18.4 Å². The van der Waals surface area contributed by atoms with Gasteiger partial charge < -0.3 is 14.7 Å². The van der Waals surface area contributed by atoms with Gasteiger partial charge in [-0.15, -0.1) is 0 Å². The number of hydrogen-bond acceptors (Lipinski definition) is 5. The summed E-state index contributed by atoms with van der Waals surface area (Å²) in [5, 5.41) is 3.86. The van der Waals surface area contributed by atoms with Gasteiger partial charge in [0.05, 0.1) is 12.3 Å². The van der Waals surface area contributed by atoms with Crippen LogP contribution in [0.25, 0.3) is 11.6 Å². The molecule has 2 heterocycles. The average molecular weight is 255 g/mol. The van der Waals surface area contributed by atoms with Crippen LogP contribution in [0.15, 0.2) is 57.7 Å². The topological polar surface area (TPSA) is 78.1 Å². The zero-order valence-electron chi connectivity index (χ0n) is 10.2. The van der Waals surface area contributed by atoms with Crippen LogP contribution in [0.1, 0.15) is 17.5 Å². The molecule has 0 saturated carbocycles. The minimum atomic E-state index is -0.321. The van der Waals surface area contributed by atoms with E-state index in [0.717, 1.165) is 5.56 Å². The van der Waals surface area contributed by atoms with E-state index in [1.807, 2.05) is 30.3 Å². The molecule has 0 fully saturated rings. The van der Waals surface area contributed by atoms with Gasteiger partial charge >= 0.3 is 0 Å². The van der Waals surface area contributed by atoms with Crippen LogP contribution < -0.4 is 5.73 Å². The Balaban J connectivity index is 1.76. The van der Waals surface area contributed by atoms with Crippen molar-refractivity contribution in [1.82, 2.24) is 10.1 Å². The van der Waals surface area contributed by atoms with E-state index < -0.39 is 0 Å². The summed E-state index contributed by atoms with van der Waals surface area (Å²) in [6, 6.07) is 13.2. The second-order valence-electron chi connectivity index (χ2n) is 4.23. The van der Waals surface area contributed by atoms with E-state index in [4.69, 9.17) is 14.7 Å². The number of rotatable bonds is 4. The summed E-state index contributed by atoms with van der Waals surface area (Å²) in [5.41, 5.74) is 7.20. The van der Waals surface area contributed by atoms with Gasteiger partial charge in [0, 0.05) is 0 Å². The van der Waals surface area contributed by atoms with Crippen molar-refractivity contribution < 1.29 is 8.94 Å². The molecule has 1 atom stereocenters. The highest BCUT2D eigenvalue weighted by molar-refractivity contribution is 5.44. The van der Waals surface area contributed by atoms with E-state index in [2.05, 4.69) is 10.1 Å². The van der Waals surface area contributed by atoms with Gasteiger partial charge in [0.1, 0.15) is 0 Å². The third kappa shape index (κ3) is 2.56. The van der Waals surface area contributed by atoms with Crippen molar-refractivity contribution >= 4 is 0 Å². The normalized spacial score (nSPS) is 12.5. The molecule has 0 amide bonds. The fourth-order valence-corrected chi connectivity index (χ4v) is 1.85. The van der Waals surface area contributed by atoms with Crippen LogP contribution in [0.3, 0.4) is 0 Å². The minimum absolute atomic E-state index is 0.321. The summed E-state index contributed by atoms with van der Waals surface area (Å²) in [7, 11) is 0. The molecule has 0 radical (unpaired) electrons. The van der Waals surface area contributed by atoms with Crippen molar-refractivity contribution in [2.75, 3.05) is 0 Å². The number of benzene rings is 1. The third-order valence-corrected chi connectivity index (χ3v) is 2.80. The lowest BCUT2D eigenvalue weighted by Gasteiger charge is -2.05. The van der Waals surface area contributed by atoms with E-state index in [0.29, 0.717) is 23.9 Å². The molecule has 2 aromatic heterocycles. The quantitative estimate of drug-likeness (QED) is 0.775.